The van der Waals surface area contributed by atoms with Gasteiger partial charge in [-0.3, -0.25) is 14.4 Å². The SMILES string of the molecule is COc1cc(C(=O)CCC(=O)c2cc3c(c(-c4ccc(F)c(Cl)c4)n2)OCC=C3)ccc1OCCF.COc1cc(C(=O)CCC(O)c2cc3c(c(-c4ccc(F)c(Cl)c4)n2)OCC=C3)ccc1OCCF.NCC(O)c1cc2c(c(-c3ccc(F)c(Cl)c3)n1)OCC=C2. The molecule has 0 spiro atoms. The topological polar surface area (TPSA) is 221 Å². The van der Waals surface area contributed by atoms with E-state index in [4.69, 9.17) is 73.7 Å². The van der Waals surface area contributed by atoms with Gasteiger partial charge >= 0.3 is 0 Å². The Morgan fingerprint density at radius 3 is 1.31 bits per heavy atom. The van der Waals surface area contributed by atoms with Gasteiger partial charge in [0.25, 0.3) is 0 Å². The first-order valence-corrected chi connectivity index (χ1v) is 30.3. The highest BCUT2D eigenvalue weighted by molar-refractivity contribution is 6.31. The molecule has 3 aromatic heterocycles. The van der Waals surface area contributed by atoms with E-state index < -0.39 is 43.0 Å². The van der Waals surface area contributed by atoms with Gasteiger partial charge in [0.05, 0.1) is 46.8 Å². The molecule has 0 bridgehead atoms. The second-order valence-electron chi connectivity index (χ2n) is 20.8. The molecule has 0 fully saturated rings. The van der Waals surface area contributed by atoms with Crippen LogP contribution in [0.5, 0.6) is 40.2 Å². The van der Waals surface area contributed by atoms with Crippen molar-refractivity contribution < 1.29 is 79.7 Å². The zero-order valence-electron chi connectivity index (χ0n) is 50.4. The molecule has 488 valence electrons. The third-order valence-corrected chi connectivity index (χ3v) is 15.4. The molecule has 3 aliphatic rings. The number of aliphatic hydroxyl groups is 2. The summed E-state index contributed by atoms with van der Waals surface area (Å²) >= 11 is 17.8. The Kier molecular flexibility index (Phi) is 23.9. The van der Waals surface area contributed by atoms with Crippen molar-refractivity contribution in [2.45, 2.75) is 37.9 Å². The predicted molar refractivity (Wildman–Crippen MR) is 347 cm³/mol. The van der Waals surface area contributed by atoms with Crippen LogP contribution in [0.2, 0.25) is 15.1 Å². The third-order valence-electron chi connectivity index (χ3n) is 14.5. The minimum absolute atomic E-state index is 0.00387. The smallest absolute Gasteiger partial charge is 0.181 e. The highest BCUT2D eigenvalue weighted by Gasteiger charge is 2.26. The number of alkyl halides is 2. The zero-order valence-corrected chi connectivity index (χ0v) is 52.7. The number of pyridine rings is 3. The van der Waals surface area contributed by atoms with E-state index in [2.05, 4.69) is 15.0 Å². The summed E-state index contributed by atoms with van der Waals surface area (Å²) in [6, 6.07) is 27.0. The highest BCUT2D eigenvalue weighted by atomic mass is 35.5. The lowest BCUT2D eigenvalue weighted by Gasteiger charge is -2.20. The molecule has 5 aromatic carbocycles. The van der Waals surface area contributed by atoms with Crippen LogP contribution in [0.25, 0.3) is 52.0 Å². The fourth-order valence-electron chi connectivity index (χ4n) is 9.85. The molecule has 6 heterocycles. The van der Waals surface area contributed by atoms with Gasteiger partial charge in [0, 0.05) is 70.3 Å². The van der Waals surface area contributed by atoms with Crippen LogP contribution in [0.3, 0.4) is 0 Å². The van der Waals surface area contributed by atoms with Gasteiger partial charge in [-0.1, -0.05) is 53.0 Å². The number of fused-ring (bicyclic) bond motifs is 3. The monoisotopic (exact) mass is 1350 g/mol. The number of carbonyl (C=O) groups excluding carboxylic acids is 3. The van der Waals surface area contributed by atoms with Crippen LogP contribution >= 0.6 is 34.8 Å². The van der Waals surface area contributed by atoms with E-state index in [1.807, 2.05) is 30.4 Å². The largest absolute Gasteiger partial charge is 0.493 e. The number of halogens is 8. The second-order valence-corrected chi connectivity index (χ2v) is 22.0. The Bertz CT molecular complexity index is 4210. The minimum atomic E-state index is -1.04. The number of Topliss-reactive ketones (excluding diaryl/α,β-unsaturated/α-hetero) is 3. The van der Waals surface area contributed by atoms with Crippen molar-refractivity contribution >= 4 is 70.4 Å². The Morgan fingerprint density at radius 1 is 0.511 bits per heavy atom. The molecule has 16 nitrogen and oxygen atoms in total. The van der Waals surface area contributed by atoms with Crippen molar-refractivity contribution in [3.8, 4) is 74.0 Å². The van der Waals surface area contributed by atoms with Gasteiger partial charge in [0.1, 0.15) is 92.7 Å². The fraction of sp³-hybridized carbons (Fsp3) is 0.229. The Morgan fingerprint density at radius 2 is 0.904 bits per heavy atom. The third kappa shape index (κ3) is 16.9. The quantitative estimate of drug-likeness (QED) is 0.0400. The van der Waals surface area contributed by atoms with Crippen LogP contribution in [0.1, 0.15) is 97.2 Å². The lowest BCUT2D eigenvalue weighted by atomic mass is 9.99. The van der Waals surface area contributed by atoms with Gasteiger partial charge in [-0.25, -0.2) is 36.9 Å². The fourth-order valence-corrected chi connectivity index (χ4v) is 10.4. The van der Waals surface area contributed by atoms with E-state index in [-0.39, 0.29) is 83.6 Å². The number of hydrogen-bond acceptors (Lipinski definition) is 16. The molecule has 4 N–H and O–H groups in total. The maximum atomic E-state index is 13.7. The van der Waals surface area contributed by atoms with Crippen molar-refractivity contribution in [1.29, 1.82) is 0 Å². The van der Waals surface area contributed by atoms with E-state index in [1.165, 1.54) is 74.9 Å². The summed E-state index contributed by atoms with van der Waals surface area (Å²) in [6.45, 7) is -0.367. The highest BCUT2D eigenvalue weighted by Crippen LogP contribution is 2.41. The van der Waals surface area contributed by atoms with E-state index in [0.717, 1.165) is 5.56 Å². The molecular formula is C70H60Cl3F5N4O12. The van der Waals surface area contributed by atoms with E-state index >= 15 is 0 Å². The van der Waals surface area contributed by atoms with E-state index in [1.54, 1.807) is 54.6 Å². The van der Waals surface area contributed by atoms with E-state index in [0.29, 0.717) is 127 Å². The predicted octanol–water partition coefficient (Wildman–Crippen LogP) is 15.1. The number of ether oxygens (including phenoxy) is 7. The van der Waals surface area contributed by atoms with Crippen LogP contribution in [-0.4, -0.2) is 110 Å². The molecule has 2 unspecified atom stereocenters. The van der Waals surface area contributed by atoms with Gasteiger partial charge < -0.3 is 49.1 Å². The number of aromatic nitrogens is 3. The van der Waals surface area contributed by atoms with Gasteiger partial charge in [-0.05, 0) is 134 Å². The minimum Gasteiger partial charge on any atom is -0.493 e. The number of ketones is 3. The average molecular weight is 1350 g/mol. The van der Waals surface area contributed by atoms with Crippen molar-refractivity contribution in [2.24, 2.45) is 5.73 Å². The summed E-state index contributed by atoms with van der Waals surface area (Å²) in [5.74, 6) is 0.394. The van der Waals surface area contributed by atoms with Crippen LogP contribution in [0.4, 0.5) is 22.0 Å². The maximum Gasteiger partial charge on any atom is 0.181 e. The molecule has 8 aromatic rings. The molecule has 0 aliphatic carbocycles. The normalized spacial score (nSPS) is 12.9. The summed E-state index contributed by atoms with van der Waals surface area (Å²) < 4.78 is 104. The summed E-state index contributed by atoms with van der Waals surface area (Å²) in [4.78, 5) is 52.1. The standard InChI is InChI=1S/C27H24ClF2NO5.C27H22ClF2NO5.C16H14ClFN2O2/c2*1-34-25-15-16(5-9-24(25)35-12-10-29)22(32)7-8-23(33)21-14-18-3-2-11-36-27(18)26(31-21)17-4-6-20(30)19(28)13-17;17-11-6-9(3-4-12(11)18)15-16-10(2-1-5-22-16)7-13(20-15)14(21)8-19/h2-6,9,13-15,23,33H,7-8,10-12H2,1H3;2-6,9,13-15H,7-8,10-12H2,1H3;1-4,6-7,14,21H,5,8,19H2. The maximum absolute atomic E-state index is 13.7. The molecule has 0 saturated carbocycles. The molecular weight excluding hydrogens is 1290 g/mol. The summed E-state index contributed by atoms with van der Waals surface area (Å²) in [7, 11) is 2.85. The molecule has 0 saturated heterocycles. The molecule has 3 aliphatic heterocycles. The summed E-state index contributed by atoms with van der Waals surface area (Å²) in [6.07, 6.45) is 9.15. The first-order valence-electron chi connectivity index (χ1n) is 29.2. The number of hydrogen-bond donors (Lipinski definition) is 3. The second kappa shape index (κ2) is 32.6. The number of nitrogens with zero attached hydrogens (tertiary/aromatic N) is 3. The van der Waals surface area contributed by atoms with Crippen LogP contribution < -0.4 is 38.9 Å². The number of aliphatic hydroxyl groups excluding tert-OH is 2. The van der Waals surface area contributed by atoms with Gasteiger partial charge in [0.2, 0.25) is 0 Å². The summed E-state index contributed by atoms with van der Waals surface area (Å²) in [5, 5.41) is 20.7. The lowest BCUT2D eigenvalue weighted by Crippen LogP contribution is -2.14. The molecule has 24 heteroatoms. The van der Waals surface area contributed by atoms with Gasteiger partial charge in [0.15, 0.2) is 57.6 Å². The number of carbonyl (C=O) groups is 3. The molecule has 11 rings (SSSR count). The van der Waals surface area contributed by atoms with Crippen molar-refractivity contribution in [1.82, 2.24) is 15.0 Å². The van der Waals surface area contributed by atoms with Crippen molar-refractivity contribution in [3.05, 3.63) is 205 Å². The molecule has 2 atom stereocenters. The summed E-state index contributed by atoms with van der Waals surface area (Å²) in [5.41, 5.74) is 12.3. The Labute approximate surface area is 551 Å². The number of benzene rings is 5. The zero-order chi connectivity index (χ0) is 67.0. The van der Waals surface area contributed by atoms with E-state index in [9.17, 15) is 46.5 Å². The molecule has 0 radical (unpaired) electrons. The number of nitrogens with two attached hydrogens (primary N) is 1. The number of rotatable bonds is 23. The van der Waals surface area contributed by atoms with Crippen LogP contribution in [0.15, 0.2) is 127 Å². The molecule has 0 amide bonds. The Balaban J connectivity index is 0.000000171. The van der Waals surface area contributed by atoms with Gasteiger partial charge in [-0.15, -0.1) is 0 Å². The average Bonchev–Trinajstić information content (AvgIpc) is 0.838. The lowest BCUT2D eigenvalue weighted by molar-refractivity contribution is 0.0914. The van der Waals surface area contributed by atoms with Crippen molar-refractivity contribution in [2.75, 3.05) is 67.1 Å². The Hall–Kier alpha value is -9.22. The molecule has 94 heavy (non-hydrogen) atoms. The first kappa shape index (κ1) is 69.1. The van der Waals surface area contributed by atoms with Crippen LogP contribution in [-0.2, 0) is 0 Å². The van der Waals surface area contributed by atoms with Crippen molar-refractivity contribution in [3.63, 3.8) is 0 Å². The first-order chi connectivity index (χ1) is 45.4. The van der Waals surface area contributed by atoms with Gasteiger partial charge in [-0.2, -0.15) is 0 Å². The number of methoxy groups -OCH3 is 2. The van der Waals surface area contributed by atoms with Crippen LogP contribution in [0, 0.1) is 17.5 Å².